The minimum absolute atomic E-state index is 0.517. The van der Waals surface area contributed by atoms with E-state index < -0.39 is 0 Å². The van der Waals surface area contributed by atoms with Crippen LogP contribution in [0.25, 0.3) is 0 Å². The Hall–Kier alpha value is -0.830. The number of aryl methyl sites for hydroxylation is 2. The van der Waals surface area contributed by atoms with Crippen molar-refractivity contribution < 1.29 is 0 Å². The van der Waals surface area contributed by atoms with Gasteiger partial charge in [0.2, 0.25) is 0 Å². The van der Waals surface area contributed by atoms with Crippen LogP contribution in [0.5, 0.6) is 0 Å². The van der Waals surface area contributed by atoms with Crippen LogP contribution in [0.1, 0.15) is 81.6 Å². The highest BCUT2D eigenvalue weighted by molar-refractivity contribution is 5.08. The first-order chi connectivity index (χ1) is 10.2. The lowest BCUT2D eigenvalue weighted by molar-refractivity contribution is 0.285. The molecule has 0 spiro atoms. The van der Waals surface area contributed by atoms with Gasteiger partial charge in [0.05, 0.1) is 11.7 Å². The van der Waals surface area contributed by atoms with Gasteiger partial charge in [0.1, 0.15) is 0 Å². The fraction of sp³-hybridized carbons (Fsp3) is 0.833. The summed E-state index contributed by atoms with van der Waals surface area (Å²) >= 11 is 0. The lowest BCUT2D eigenvalue weighted by Crippen LogP contribution is -2.36. The van der Waals surface area contributed by atoms with Crippen LogP contribution in [0, 0.1) is 13.8 Å². The fourth-order valence-corrected chi connectivity index (χ4v) is 3.78. The molecule has 120 valence electrons. The molecular formula is C18H33N3. The molecule has 1 N–H and O–H groups in total. The van der Waals surface area contributed by atoms with Gasteiger partial charge in [-0.25, -0.2) is 0 Å². The van der Waals surface area contributed by atoms with Crippen molar-refractivity contribution in [2.45, 2.75) is 90.1 Å². The molecule has 21 heavy (non-hydrogen) atoms. The quantitative estimate of drug-likeness (QED) is 0.866. The zero-order valence-corrected chi connectivity index (χ0v) is 14.2. The van der Waals surface area contributed by atoms with Gasteiger partial charge < -0.3 is 5.32 Å². The summed E-state index contributed by atoms with van der Waals surface area (Å²) in [6, 6.07) is 3.29. The van der Waals surface area contributed by atoms with Gasteiger partial charge in [0.25, 0.3) is 0 Å². The molecule has 3 heteroatoms. The second kappa shape index (κ2) is 8.57. The molecule has 1 heterocycles. The number of nitrogens with zero attached hydrogens (tertiary/aromatic N) is 2. The van der Waals surface area contributed by atoms with Gasteiger partial charge in [0, 0.05) is 11.7 Å². The van der Waals surface area contributed by atoms with E-state index in [1.807, 2.05) is 0 Å². The van der Waals surface area contributed by atoms with Crippen molar-refractivity contribution >= 4 is 0 Å². The van der Waals surface area contributed by atoms with Crippen LogP contribution in [-0.4, -0.2) is 22.9 Å². The van der Waals surface area contributed by atoms with Crippen LogP contribution in [0.4, 0.5) is 0 Å². The zero-order chi connectivity index (χ0) is 15.1. The summed E-state index contributed by atoms with van der Waals surface area (Å²) in [6.07, 6.45) is 13.7. The molecule has 0 saturated heterocycles. The minimum Gasteiger partial charge on any atom is -0.315 e. The number of rotatable bonds is 2. The Bertz CT molecular complexity index is 411. The number of likely N-dealkylation sites (N-methyl/N-ethyl adjacent to an activating group) is 1. The molecule has 2 rings (SSSR count). The van der Waals surface area contributed by atoms with Gasteiger partial charge >= 0.3 is 0 Å². The monoisotopic (exact) mass is 291 g/mol. The lowest BCUT2D eigenvalue weighted by atomic mass is 9.94. The van der Waals surface area contributed by atoms with Gasteiger partial charge in [-0.1, -0.05) is 51.4 Å². The summed E-state index contributed by atoms with van der Waals surface area (Å²) in [5.41, 5.74) is 2.46. The maximum Gasteiger partial charge on any atom is 0.0675 e. The third kappa shape index (κ3) is 4.84. The molecule has 0 radical (unpaired) electrons. The highest BCUT2D eigenvalue weighted by Gasteiger charge is 2.23. The highest BCUT2D eigenvalue weighted by Crippen LogP contribution is 2.26. The SMILES string of the molecule is CNC1CCCCCCCCCCC1n1nc(C)cc1C. The van der Waals surface area contributed by atoms with Crippen molar-refractivity contribution in [3.05, 3.63) is 17.5 Å². The normalized spacial score (nSPS) is 26.0. The summed E-state index contributed by atoms with van der Waals surface area (Å²) < 4.78 is 2.29. The Kier molecular flexibility index (Phi) is 6.75. The molecule has 1 saturated carbocycles. The van der Waals surface area contributed by atoms with Crippen molar-refractivity contribution in [1.82, 2.24) is 15.1 Å². The molecule has 1 aliphatic carbocycles. The summed E-state index contributed by atoms with van der Waals surface area (Å²) in [7, 11) is 2.12. The van der Waals surface area contributed by atoms with Crippen LogP contribution in [0.3, 0.4) is 0 Å². The molecule has 1 aromatic heterocycles. The van der Waals surface area contributed by atoms with Gasteiger partial charge in [-0.05, 0) is 39.8 Å². The number of nitrogens with one attached hydrogen (secondary N) is 1. The van der Waals surface area contributed by atoms with E-state index in [1.165, 1.54) is 69.9 Å². The van der Waals surface area contributed by atoms with Crippen molar-refractivity contribution in [3.63, 3.8) is 0 Å². The van der Waals surface area contributed by atoms with E-state index in [1.54, 1.807) is 0 Å². The fourth-order valence-electron chi connectivity index (χ4n) is 3.78. The zero-order valence-electron chi connectivity index (χ0n) is 14.2. The van der Waals surface area contributed by atoms with Crippen molar-refractivity contribution in [1.29, 1.82) is 0 Å². The van der Waals surface area contributed by atoms with Gasteiger partial charge in [0.15, 0.2) is 0 Å². The standard InChI is InChI=1S/C18H33N3/c1-15-14-16(2)21(20-15)18-13-11-9-7-5-4-6-8-10-12-17(18)19-3/h14,17-19H,4-13H2,1-3H3. The second-order valence-corrected chi connectivity index (χ2v) is 6.74. The number of hydrogen-bond donors (Lipinski definition) is 1. The van der Waals surface area contributed by atoms with E-state index in [-0.39, 0.29) is 0 Å². The Morgan fingerprint density at radius 3 is 2.05 bits per heavy atom. The Labute approximate surface area is 130 Å². The van der Waals surface area contributed by atoms with Crippen LogP contribution in [0.2, 0.25) is 0 Å². The van der Waals surface area contributed by atoms with Crippen molar-refractivity contribution in [3.8, 4) is 0 Å². The van der Waals surface area contributed by atoms with E-state index in [4.69, 9.17) is 5.10 Å². The highest BCUT2D eigenvalue weighted by atomic mass is 15.3. The summed E-state index contributed by atoms with van der Waals surface area (Å²) in [6.45, 7) is 4.30. The predicted molar refractivity (Wildman–Crippen MR) is 89.8 cm³/mol. The van der Waals surface area contributed by atoms with Crippen LogP contribution >= 0.6 is 0 Å². The molecule has 0 aliphatic heterocycles. The van der Waals surface area contributed by atoms with Gasteiger partial charge in [-0.3, -0.25) is 4.68 Å². The van der Waals surface area contributed by atoms with E-state index in [0.29, 0.717) is 12.1 Å². The molecule has 0 amide bonds. The van der Waals surface area contributed by atoms with Crippen LogP contribution < -0.4 is 5.32 Å². The molecule has 0 bridgehead atoms. The first-order valence-electron chi connectivity index (χ1n) is 8.92. The van der Waals surface area contributed by atoms with E-state index >= 15 is 0 Å². The maximum absolute atomic E-state index is 4.78. The maximum atomic E-state index is 4.78. The molecule has 1 aliphatic rings. The topological polar surface area (TPSA) is 29.9 Å². The first kappa shape index (κ1) is 16.5. The average Bonchev–Trinajstić information content (AvgIpc) is 2.78. The molecule has 3 nitrogen and oxygen atoms in total. The number of aromatic nitrogens is 2. The van der Waals surface area contributed by atoms with E-state index in [9.17, 15) is 0 Å². The average molecular weight is 291 g/mol. The van der Waals surface area contributed by atoms with E-state index in [0.717, 1.165) is 5.69 Å². The van der Waals surface area contributed by atoms with Gasteiger partial charge in [-0.2, -0.15) is 5.10 Å². The Balaban J connectivity index is 2.11. The summed E-state index contributed by atoms with van der Waals surface area (Å²) in [5.74, 6) is 0. The van der Waals surface area contributed by atoms with Crippen LogP contribution in [-0.2, 0) is 0 Å². The molecule has 2 unspecified atom stereocenters. The Morgan fingerprint density at radius 1 is 0.952 bits per heavy atom. The second-order valence-electron chi connectivity index (χ2n) is 6.74. The molecule has 1 aromatic rings. The van der Waals surface area contributed by atoms with Crippen LogP contribution in [0.15, 0.2) is 6.07 Å². The Morgan fingerprint density at radius 2 is 1.52 bits per heavy atom. The largest absolute Gasteiger partial charge is 0.315 e. The van der Waals surface area contributed by atoms with E-state index in [2.05, 4.69) is 37.0 Å². The molecular weight excluding hydrogens is 258 g/mol. The van der Waals surface area contributed by atoms with Gasteiger partial charge in [-0.15, -0.1) is 0 Å². The summed E-state index contributed by atoms with van der Waals surface area (Å²) in [4.78, 5) is 0. The number of hydrogen-bond acceptors (Lipinski definition) is 2. The summed E-state index contributed by atoms with van der Waals surface area (Å²) in [5, 5.41) is 8.36. The smallest absolute Gasteiger partial charge is 0.0675 e. The third-order valence-corrected chi connectivity index (χ3v) is 4.96. The predicted octanol–water partition coefficient (Wildman–Crippen LogP) is 4.54. The first-order valence-corrected chi connectivity index (χ1v) is 8.92. The van der Waals surface area contributed by atoms with Crippen molar-refractivity contribution in [2.75, 3.05) is 7.05 Å². The molecule has 2 atom stereocenters. The lowest BCUT2D eigenvalue weighted by Gasteiger charge is -2.29. The molecule has 0 aromatic carbocycles. The minimum atomic E-state index is 0.517. The van der Waals surface area contributed by atoms with Crippen molar-refractivity contribution in [2.24, 2.45) is 0 Å². The third-order valence-electron chi connectivity index (χ3n) is 4.96. The molecule has 1 fully saturated rings.